The molecule has 2 aromatic carbocycles. The van der Waals surface area contributed by atoms with Crippen molar-refractivity contribution in [3.8, 4) is 0 Å². The number of aryl methyl sites for hydroxylation is 1. The van der Waals surface area contributed by atoms with Gasteiger partial charge in [-0.3, -0.25) is 14.5 Å². The van der Waals surface area contributed by atoms with E-state index in [-0.39, 0.29) is 11.8 Å². The fourth-order valence-corrected chi connectivity index (χ4v) is 3.51. The summed E-state index contributed by atoms with van der Waals surface area (Å²) in [7, 11) is 0. The Labute approximate surface area is 173 Å². The highest BCUT2D eigenvalue weighted by Crippen LogP contribution is 2.15. The number of anilines is 1. The average molecular weight is 392 g/mol. The van der Waals surface area contributed by atoms with Crippen LogP contribution in [0.4, 0.5) is 5.69 Å². The van der Waals surface area contributed by atoms with Gasteiger partial charge in [-0.05, 0) is 24.6 Å². The SMILES string of the molecule is C=CCN(C(=O)CN1CCN(C(=O)Cc2ccc(C)cc2)CC1)c1ccccc1. The summed E-state index contributed by atoms with van der Waals surface area (Å²) < 4.78 is 0. The Kier molecular flexibility index (Phi) is 7.19. The average Bonchev–Trinajstić information content (AvgIpc) is 2.74. The van der Waals surface area contributed by atoms with Crippen LogP contribution in [0.2, 0.25) is 0 Å². The van der Waals surface area contributed by atoms with Crippen LogP contribution in [0, 0.1) is 6.92 Å². The van der Waals surface area contributed by atoms with Gasteiger partial charge in [0.15, 0.2) is 0 Å². The van der Waals surface area contributed by atoms with Crippen molar-refractivity contribution in [2.75, 3.05) is 44.2 Å². The van der Waals surface area contributed by atoms with Crippen LogP contribution in [0.5, 0.6) is 0 Å². The molecule has 0 unspecified atom stereocenters. The molecule has 0 radical (unpaired) electrons. The standard InChI is InChI=1S/C24H29N3O2/c1-3-13-27(22-7-5-4-6-8-22)24(29)19-25-14-16-26(17-15-25)23(28)18-21-11-9-20(2)10-12-21/h3-12H,1,13-19H2,2H3. The molecule has 2 amide bonds. The van der Waals surface area contributed by atoms with Crippen molar-refractivity contribution in [3.05, 3.63) is 78.4 Å². The van der Waals surface area contributed by atoms with E-state index >= 15 is 0 Å². The van der Waals surface area contributed by atoms with E-state index in [0.29, 0.717) is 45.7 Å². The van der Waals surface area contributed by atoms with Crippen molar-refractivity contribution in [3.63, 3.8) is 0 Å². The monoisotopic (exact) mass is 391 g/mol. The van der Waals surface area contributed by atoms with E-state index in [1.165, 1.54) is 5.56 Å². The molecule has 1 saturated heterocycles. The van der Waals surface area contributed by atoms with Gasteiger partial charge in [-0.25, -0.2) is 0 Å². The zero-order valence-corrected chi connectivity index (χ0v) is 17.1. The maximum absolute atomic E-state index is 12.8. The number of nitrogens with zero attached hydrogens (tertiary/aromatic N) is 3. The van der Waals surface area contributed by atoms with Crippen LogP contribution in [-0.2, 0) is 16.0 Å². The zero-order valence-electron chi connectivity index (χ0n) is 17.1. The van der Waals surface area contributed by atoms with Crippen LogP contribution in [0.1, 0.15) is 11.1 Å². The number of para-hydroxylation sites is 1. The molecule has 2 aromatic rings. The topological polar surface area (TPSA) is 43.9 Å². The third-order valence-corrected chi connectivity index (χ3v) is 5.24. The third kappa shape index (κ3) is 5.78. The van der Waals surface area contributed by atoms with Crippen LogP contribution in [0.3, 0.4) is 0 Å². The van der Waals surface area contributed by atoms with Gasteiger partial charge in [0, 0.05) is 38.4 Å². The lowest BCUT2D eigenvalue weighted by Crippen LogP contribution is -2.52. The van der Waals surface area contributed by atoms with Crippen molar-refractivity contribution < 1.29 is 9.59 Å². The summed E-state index contributed by atoms with van der Waals surface area (Å²) in [5.74, 6) is 0.202. The number of amides is 2. The van der Waals surface area contributed by atoms with Crippen molar-refractivity contribution in [1.82, 2.24) is 9.80 Å². The van der Waals surface area contributed by atoms with E-state index in [1.807, 2.05) is 66.4 Å². The smallest absolute Gasteiger partial charge is 0.241 e. The molecule has 1 fully saturated rings. The molecule has 1 heterocycles. The van der Waals surface area contributed by atoms with E-state index < -0.39 is 0 Å². The van der Waals surface area contributed by atoms with Gasteiger partial charge in [-0.2, -0.15) is 0 Å². The number of benzene rings is 2. The summed E-state index contributed by atoms with van der Waals surface area (Å²) >= 11 is 0. The minimum absolute atomic E-state index is 0.0514. The number of rotatable bonds is 7. The molecule has 0 atom stereocenters. The molecule has 152 valence electrons. The first-order valence-corrected chi connectivity index (χ1v) is 10.1. The van der Waals surface area contributed by atoms with E-state index in [2.05, 4.69) is 11.5 Å². The molecule has 29 heavy (non-hydrogen) atoms. The predicted molar refractivity (Wildman–Crippen MR) is 117 cm³/mol. The summed E-state index contributed by atoms with van der Waals surface area (Å²) in [5.41, 5.74) is 3.12. The van der Waals surface area contributed by atoms with Crippen molar-refractivity contribution in [2.45, 2.75) is 13.3 Å². The number of piperazine rings is 1. The van der Waals surface area contributed by atoms with Gasteiger partial charge < -0.3 is 9.80 Å². The molecule has 0 aliphatic carbocycles. The van der Waals surface area contributed by atoms with Gasteiger partial charge in [-0.15, -0.1) is 6.58 Å². The predicted octanol–water partition coefficient (Wildman–Crippen LogP) is 2.90. The molecule has 0 N–H and O–H groups in total. The molecule has 0 saturated carbocycles. The van der Waals surface area contributed by atoms with Crippen LogP contribution < -0.4 is 4.90 Å². The summed E-state index contributed by atoms with van der Waals surface area (Å²) in [6, 6.07) is 17.8. The van der Waals surface area contributed by atoms with Crippen molar-refractivity contribution >= 4 is 17.5 Å². The van der Waals surface area contributed by atoms with Crippen LogP contribution >= 0.6 is 0 Å². The molecule has 5 heteroatoms. The number of carbonyl (C=O) groups excluding carboxylic acids is 2. The van der Waals surface area contributed by atoms with Crippen LogP contribution in [0.25, 0.3) is 0 Å². The van der Waals surface area contributed by atoms with Gasteiger partial charge >= 0.3 is 0 Å². The largest absolute Gasteiger partial charge is 0.340 e. The highest BCUT2D eigenvalue weighted by Gasteiger charge is 2.24. The highest BCUT2D eigenvalue weighted by molar-refractivity contribution is 5.95. The number of hydrogen-bond acceptors (Lipinski definition) is 3. The first-order chi connectivity index (χ1) is 14.1. The van der Waals surface area contributed by atoms with Gasteiger partial charge in [-0.1, -0.05) is 54.1 Å². The quantitative estimate of drug-likeness (QED) is 0.682. The molecule has 0 aromatic heterocycles. The molecular formula is C24H29N3O2. The zero-order chi connectivity index (χ0) is 20.6. The normalized spacial score (nSPS) is 14.4. The highest BCUT2D eigenvalue weighted by atomic mass is 16.2. The Morgan fingerprint density at radius 2 is 1.66 bits per heavy atom. The second-order valence-electron chi connectivity index (χ2n) is 7.45. The van der Waals surface area contributed by atoms with E-state index in [1.54, 1.807) is 11.0 Å². The van der Waals surface area contributed by atoms with Gasteiger partial charge in [0.2, 0.25) is 11.8 Å². The molecule has 0 bridgehead atoms. The summed E-state index contributed by atoms with van der Waals surface area (Å²) in [5, 5.41) is 0. The second-order valence-corrected chi connectivity index (χ2v) is 7.45. The lowest BCUT2D eigenvalue weighted by atomic mass is 10.1. The summed E-state index contributed by atoms with van der Waals surface area (Å²) in [4.78, 5) is 31.2. The minimum Gasteiger partial charge on any atom is -0.340 e. The van der Waals surface area contributed by atoms with Crippen molar-refractivity contribution in [1.29, 1.82) is 0 Å². The molecule has 5 nitrogen and oxygen atoms in total. The minimum atomic E-state index is 0.0514. The molecule has 3 rings (SSSR count). The van der Waals surface area contributed by atoms with E-state index in [9.17, 15) is 9.59 Å². The van der Waals surface area contributed by atoms with Gasteiger partial charge in [0.25, 0.3) is 0 Å². The number of carbonyl (C=O) groups is 2. The number of hydrogen-bond donors (Lipinski definition) is 0. The maximum Gasteiger partial charge on any atom is 0.241 e. The Morgan fingerprint density at radius 1 is 1.00 bits per heavy atom. The summed E-state index contributed by atoms with van der Waals surface area (Å²) in [6.45, 7) is 9.38. The Morgan fingerprint density at radius 3 is 2.28 bits per heavy atom. The lowest BCUT2D eigenvalue weighted by molar-refractivity contribution is -0.132. The van der Waals surface area contributed by atoms with Crippen molar-refractivity contribution in [2.24, 2.45) is 0 Å². The van der Waals surface area contributed by atoms with E-state index in [0.717, 1.165) is 11.3 Å². The second kappa shape index (κ2) is 10.0. The Bertz CT molecular complexity index is 825. The molecular weight excluding hydrogens is 362 g/mol. The Hall–Kier alpha value is -2.92. The Balaban J connectivity index is 1.50. The first-order valence-electron chi connectivity index (χ1n) is 10.1. The van der Waals surface area contributed by atoms with Gasteiger partial charge in [0.05, 0.1) is 13.0 Å². The van der Waals surface area contributed by atoms with E-state index in [4.69, 9.17) is 0 Å². The molecule has 0 spiro atoms. The fourth-order valence-electron chi connectivity index (χ4n) is 3.51. The lowest BCUT2D eigenvalue weighted by Gasteiger charge is -2.35. The molecule has 1 aliphatic rings. The first kappa shape index (κ1) is 20.8. The third-order valence-electron chi connectivity index (χ3n) is 5.24. The van der Waals surface area contributed by atoms with Gasteiger partial charge in [0.1, 0.15) is 0 Å². The fraction of sp³-hybridized carbons (Fsp3) is 0.333. The molecule has 1 aliphatic heterocycles. The van der Waals surface area contributed by atoms with Crippen LogP contribution in [0.15, 0.2) is 67.3 Å². The summed E-state index contributed by atoms with van der Waals surface area (Å²) in [6.07, 6.45) is 2.17. The maximum atomic E-state index is 12.8. The van der Waals surface area contributed by atoms with Crippen LogP contribution in [-0.4, -0.2) is 60.9 Å².